The number of carbonyl (C=O) groups is 6. The first kappa shape index (κ1) is 47.4. The van der Waals surface area contributed by atoms with E-state index in [4.69, 9.17) is 14.6 Å². The van der Waals surface area contributed by atoms with Crippen LogP contribution in [0.25, 0.3) is 0 Å². The fourth-order valence-electron chi connectivity index (χ4n) is 12.2. The molecule has 1 saturated heterocycles. The predicted octanol–water partition coefficient (Wildman–Crippen LogP) is 4.01. The number of alkyl halides is 1. The van der Waals surface area contributed by atoms with Crippen LogP contribution in [0.3, 0.4) is 0 Å². The summed E-state index contributed by atoms with van der Waals surface area (Å²) in [6, 6.07) is 13.1. The number of ketones is 2. The number of carbonyl (C=O) groups excluding carboxylic acids is 5. The number of carboxylic acid groups (broad SMARTS) is 1. The summed E-state index contributed by atoms with van der Waals surface area (Å²) in [4.78, 5) is 75.8. The quantitative estimate of drug-likeness (QED) is 0.127. The molecule has 5 fully saturated rings. The number of aliphatic hydroxyl groups is 2. The van der Waals surface area contributed by atoms with Gasteiger partial charge in [0.1, 0.15) is 24.8 Å². The van der Waals surface area contributed by atoms with Crippen molar-refractivity contribution in [3.05, 3.63) is 89.0 Å². The number of amides is 3. The van der Waals surface area contributed by atoms with E-state index in [1.807, 2.05) is 56.3 Å². The van der Waals surface area contributed by atoms with Crippen molar-refractivity contribution in [2.24, 2.45) is 34.5 Å². The Kier molecular flexibility index (Phi) is 12.8. The number of carboxylic acids is 1. The van der Waals surface area contributed by atoms with E-state index in [9.17, 15) is 39.0 Å². The van der Waals surface area contributed by atoms with Gasteiger partial charge in [-0.2, -0.15) is 0 Å². The SMILES string of the molecule is CC1C(CC(=O)O)C1(C)NCCC(=O)N[C@@H](C)C(=O)N[C@@H](C)C(=O)Nc1cccc(Cc2ccc([C@H]3O[C@@H]4[C@@H](C[C@H]5[C@@H]6CCC7=CC(=O)C=C[C@]7(C)[C@@]6(F)[C@@H](O)C[C@]45C(=O)CO)O3)cc2)c1. The number of nitrogens with one attached hydrogen (secondary N) is 4. The first-order chi connectivity index (χ1) is 31.2. The van der Waals surface area contributed by atoms with Crippen molar-refractivity contribution in [3.8, 4) is 0 Å². The molecule has 1 aliphatic heterocycles. The number of halogens is 1. The summed E-state index contributed by atoms with van der Waals surface area (Å²) in [6.07, 6.45) is 2.15. The molecule has 354 valence electrons. The van der Waals surface area contributed by atoms with Crippen molar-refractivity contribution < 1.29 is 58.0 Å². The number of rotatable bonds is 16. The summed E-state index contributed by atoms with van der Waals surface area (Å²) in [7, 11) is 0. The Bertz CT molecular complexity index is 2360. The normalized spacial score (nSPS) is 35.8. The van der Waals surface area contributed by atoms with Gasteiger partial charge < -0.3 is 46.1 Å². The van der Waals surface area contributed by atoms with E-state index >= 15 is 4.39 Å². The monoisotopic (exact) mass is 912 g/mol. The predicted molar refractivity (Wildman–Crippen MR) is 238 cm³/mol. The summed E-state index contributed by atoms with van der Waals surface area (Å²) < 4.78 is 30.7. The van der Waals surface area contributed by atoms with Gasteiger partial charge >= 0.3 is 5.97 Å². The fraction of sp³-hybridized carbons (Fsp3) is 0.560. The molecule has 2 aromatic rings. The molecule has 5 aliphatic carbocycles. The van der Waals surface area contributed by atoms with Crippen LogP contribution < -0.4 is 21.3 Å². The largest absolute Gasteiger partial charge is 0.481 e. The molecular weight excluding hydrogens is 852 g/mol. The van der Waals surface area contributed by atoms with Gasteiger partial charge in [-0.3, -0.25) is 28.8 Å². The Balaban J connectivity index is 0.833. The number of ether oxygens (including phenoxy) is 2. The van der Waals surface area contributed by atoms with Crippen LogP contribution in [0.15, 0.2) is 72.3 Å². The number of benzene rings is 2. The van der Waals surface area contributed by atoms with Gasteiger partial charge in [0.15, 0.2) is 23.5 Å². The molecule has 4 saturated carbocycles. The lowest BCUT2D eigenvalue weighted by molar-refractivity contribution is -0.216. The minimum Gasteiger partial charge on any atom is -0.481 e. The van der Waals surface area contributed by atoms with Crippen LogP contribution in [0, 0.1) is 34.5 Å². The number of hydrogen-bond acceptors (Lipinski definition) is 11. The average Bonchev–Trinajstić information content (AvgIpc) is 3.54. The number of hydrogen-bond donors (Lipinski definition) is 7. The Labute approximate surface area is 383 Å². The van der Waals surface area contributed by atoms with Gasteiger partial charge in [0, 0.05) is 41.1 Å². The number of fused-ring (bicyclic) bond motifs is 7. The second-order valence-electron chi connectivity index (χ2n) is 19.8. The van der Waals surface area contributed by atoms with E-state index in [1.165, 1.54) is 19.1 Å². The van der Waals surface area contributed by atoms with Crippen molar-refractivity contribution in [1.29, 1.82) is 0 Å². The number of Topliss-reactive ketones (excluding diaryl/α,β-unsaturated/α-hetero) is 1. The molecular formula is C50H61FN4O11. The highest BCUT2D eigenvalue weighted by molar-refractivity contribution is 6.01. The lowest BCUT2D eigenvalue weighted by Gasteiger charge is -2.61. The molecule has 15 nitrogen and oxygen atoms in total. The van der Waals surface area contributed by atoms with Crippen molar-refractivity contribution in [3.63, 3.8) is 0 Å². The molecule has 1 heterocycles. The summed E-state index contributed by atoms with van der Waals surface area (Å²) in [5, 5.41) is 42.6. The molecule has 0 spiro atoms. The second-order valence-corrected chi connectivity index (χ2v) is 19.8. The molecule has 0 bridgehead atoms. The van der Waals surface area contributed by atoms with Gasteiger partial charge in [-0.25, -0.2) is 4.39 Å². The van der Waals surface area contributed by atoms with Gasteiger partial charge in [0.05, 0.1) is 24.0 Å². The zero-order valence-corrected chi connectivity index (χ0v) is 38.0. The van der Waals surface area contributed by atoms with Crippen LogP contribution in [-0.2, 0) is 44.7 Å². The first-order valence-electron chi connectivity index (χ1n) is 23.1. The molecule has 2 aromatic carbocycles. The van der Waals surface area contributed by atoms with E-state index in [2.05, 4.69) is 21.3 Å². The minimum atomic E-state index is -2.14. The Morgan fingerprint density at radius 2 is 1.68 bits per heavy atom. The molecule has 14 atom stereocenters. The van der Waals surface area contributed by atoms with Gasteiger partial charge in [0.25, 0.3) is 0 Å². The van der Waals surface area contributed by atoms with Crippen LogP contribution in [0.1, 0.15) is 96.1 Å². The van der Waals surface area contributed by atoms with Crippen LogP contribution in [0.2, 0.25) is 0 Å². The highest BCUT2D eigenvalue weighted by Gasteiger charge is 2.76. The van der Waals surface area contributed by atoms with E-state index in [1.54, 1.807) is 26.0 Å². The van der Waals surface area contributed by atoms with Crippen molar-refractivity contribution in [2.75, 3.05) is 18.5 Å². The second kappa shape index (κ2) is 17.8. The smallest absolute Gasteiger partial charge is 0.303 e. The number of allylic oxidation sites excluding steroid dienone is 4. The molecule has 8 rings (SSSR count). The summed E-state index contributed by atoms with van der Waals surface area (Å²) in [5.41, 5.74) is -1.34. The van der Waals surface area contributed by atoms with E-state index < -0.39 is 95.2 Å². The minimum absolute atomic E-state index is 0.0111. The molecule has 3 amide bonds. The molecule has 6 aliphatic rings. The number of anilines is 1. The fourth-order valence-corrected chi connectivity index (χ4v) is 12.2. The summed E-state index contributed by atoms with van der Waals surface area (Å²) in [6.45, 7) is 8.26. The molecule has 16 heteroatoms. The maximum atomic E-state index is 17.7. The Morgan fingerprint density at radius 3 is 2.39 bits per heavy atom. The van der Waals surface area contributed by atoms with Crippen LogP contribution in [0.5, 0.6) is 0 Å². The van der Waals surface area contributed by atoms with Crippen LogP contribution in [0.4, 0.5) is 10.1 Å². The summed E-state index contributed by atoms with van der Waals surface area (Å²) >= 11 is 0. The molecule has 66 heavy (non-hydrogen) atoms. The first-order valence-corrected chi connectivity index (χ1v) is 23.1. The number of aliphatic hydroxyl groups excluding tert-OH is 2. The lowest BCUT2D eigenvalue weighted by Crippen LogP contribution is -2.69. The van der Waals surface area contributed by atoms with Crippen molar-refractivity contribution in [2.45, 2.75) is 127 Å². The summed E-state index contributed by atoms with van der Waals surface area (Å²) in [5.74, 6) is -4.03. The van der Waals surface area contributed by atoms with E-state index in [0.717, 1.165) is 11.1 Å². The van der Waals surface area contributed by atoms with Gasteiger partial charge in [-0.1, -0.05) is 55.0 Å². The topological polar surface area (TPSA) is 230 Å². The van der Waals surface area contributed by atoms with Gasteiger partial charge in [-0.05, 0) is 113 Å². The lowest BCUT2D eigenvalue weighted by atomic mass is 9.45. The number of aliphatic carboxylic acids is 1. The van der Waals surface area contributed by atoms with Crippen molar-refractivity contribution in [1.82, 2.24) is 16.0 Å². The Hall–Kier alpha value is -5.13. The standard InChI is InChI=1S/C50H61FN4O11/c1-26-36(23-42(61)62)48(26,5)52-18-16-41(60)53-27(2)44(63)54-28(3)45(64)55-33-8-6-7-30(20-33)19-29-9-11-31(12-10-29)46-65-38-22-37-35-14-13-32-21-34(57)15-17-47(32,4)50(35,51)39(58)24-49(37,40(59)25-56)43(38)66-46/h6-12,15,17,20-21,26-28,35-39,43,46,52,56,58H,13-14,16,18-19,22-25H2,1-5H3,(H,53,60)(H,54,63)(H,55,64)(H,61,62)/t26?,27-,28-,35-,36?,37-,38+,39-,43+,46+,47-,48?,49-,50-/m0/s1. The third kappa shape index (κ3) is 8.22. The van der Waals surface area contributed by atoms with Crippen LogP contribution in [-0.4, -0.2) is 105 Å². The maximum absolute atomic E-state index is 17.7. The van der Waals surface area contributed by atoms with Crippen LogP contribution >= 0.6 is 0 Å². The third-order valence-corrected chi connectivity index (χ3v) is 16.2. The molecule has 0 aromatic heterocycles. The van der Waals surface area contributed by atoms with Gasteiger partial charge in [-0.15, -0.1) is 0 Å². The molecule has 0 radical (unpaired) electrons. The van der Waals surface area contributed by atoms with Crippen molar-refractivity contribution >= 4 is 40.9 Å². The molecule has 3 unspecified atom stereocenters. The van der Waals surface area contributed by atoms with E-state index in [-0.39, 0.29) is 48.3 Å². The third-order valence-electron chi connectivity index (χ3n) is 16.2. The zero-order valence-electron chi connectivity index (χ0n) is 38.0. The highest BCUT2D eigenvalue weighted by Crippen LogP contribution is 2.70. The maximum Gasteiger partial charge on any atom is 0.303 e. The van der Waals surface area contributed by atoms with Gasteiger partial charge in [0.2, 0.25) is 17.7 Å². The highest BCUT2D eigenvalue weighted by atomic mass is 19.1. The molecule has 7 N–H and O–H groups in total. The Morgan fingerprint density at radius 1 is 0.955 bits per heavy atom. The average molecular weight is 913 g/mol. The zero-order chi connectivity index (χ0) is 47.5. The van der Waals surface area contributed by atoms with E-state index in [0.29, 0.717) is 49.1 Å².